The van der Waals surface area contributed by atoms with Crippen LogP contribution in [0.1, 0.15) is 25.7 Å². The Morgan fingerprint density at radius 2 is 2.04 bits per heavy atom. The molecule has 3 N–H and O–H groups in total. The monoisotopic (exact) mass is 361 g/mol. The van der Waals surface area contributed by atoms with Crippen molar-refractivity contribution >= 4 is 17.8 Å². The Kier molecular flexibility index (Phi) is 7.67. The van der Waals surface area contributed by atoms with Gasteiger partial charge in [0.15, 0.2) is 0 Å². The Morgan fingerprint density at radius 3 is 2.69 bits per heavy atom. The number of piperidine rings is 2. The van der Waals surface area contributed by atoms with Crippen LogP contribution in [-0.2, 0) is 14.4 Å². The average Bonchev–Trinajstić information content (AvgIpc) is 2.67. The summed E-state index contributed by atoms with van der Waals surface area (Å²) in [5, 5.41) is 14.8. The number of hydrogen-bond donors (Lipinski definition) is 3. The molecular formula is C19H27N3O4. The van der Waals surface area contributed by atoms with Gasteiger partial charge in [-0.05, 0) is 50.8 Å². The fourth-order valence-electron chi connectivity index (χ4n) is 3.32. The Bertz CT molecular complexity index is 590. The third kappa shape index (κ3) is 5.88. The Balaban J connectivity index is 1.82. The van der Waals surface area contributed by atoms with Gasteiger partial charge in [-0.25, -0.2) is 0 Å². The van der Waals surface area contributed by atoms with Crippen LogP contribution in [0.2, 0.25) is 0 Å². The van der Waals surface area contributed by atoms with E-state index in [4.69, 9.17) is 11.5 Å². The van der Waals surface area contributed by atoms with Crippen molar-refractivity contribution in [1.82, 2.24) is 15.5 Å². The van der Waals surface area contributed by atoms with E-state index in [1.807, 2.05) is 6.08 Å². The van der Waals surface area contributed by atoms with Crippen molar-refractivity contribution in [3.8, 4) is 12.3 Å². The zero-order valence-electron chi connectivity index (χ0n) is 14.9. The maximum absolute atomic E-state index is 12.4. The van der Waals surface area contributed by atoms with Gasteiger partial charge in [0, 0.05) is 19.6 Å². The Hall–Kier alpha value is -2.33. The van der Waals surface area contributed by atoms with E-state index >= 15 is 0 Å². The predicted octanol–water partition coefficient (Wildman–Crippen LogP) is 0.231. The zero-order valence-corrected chi connectivity index (χ0v) is 14.9. The molecule has 0 aliphatic carbocycles. The van der Waals surface area contributed by atoms with Gasteiger partial charge in [-0.3, -0.25) is 14.4 Å². The lowest BCUT2D eigenvalue weighted by Crippen LogP contribution is -2.46. The number of carbonyl (C=O) groups is 3. The van der Waals surface area contributed by atoms with E-state index in [-0.39, 0.29) is 24.3 Å². The molecule has 2 amide bonds. The molecule has 2 rings (SSSR count). The zero-order chi connectivity index (χ0) is 18.9. The van der Waals surface area contributed by atoms with Gasteiger partial charge in [0.25, 0.3) is 0 Å². The summed E-state index contributed by atoms with van der Waals surface area (Å²) in [5.74, 6) is -0.222. The molecule has 7 nitrogen and oxygen atoms in total. The number of allylic oxidation sites excluding steroid dienone is 1. The molecule has 0 radical (unpaired) electrons. The third-order valence-electron chi connectivity index (χ3n) is 4.98. The second-order valence-corrected chi connectivity index (χ2v) is 6.87. The molecule has 2 fully saturated rings. The highest BCUT2D eigenvalue weighted by Gasteiger charge is 2.28. The molecule has 2 atom stereocenters. The molecule has 0 saturated carbocycles. The minimum atomic E-state index is -1.13. The van der Waals surface area contributed by atoms with Gasteiger partial charge in [0.2, 0.25) is 11.8 Å². The maximum Gasteiger partial charge on any atom is 0.320 e. The summed E-state index contributed by atoms with van der Waals surface area (Å²) in [6, 6.07) is 0. The summed E-state index contributed by atoms with van der Waals surface area (Å²) in [6.07, 6.45) is 12.3. The minimum absolute atomic E-state index is 0.0620. The van der Waals surface area contributed by atoms with Crippen molar-refractivity contribution in [3.05, 3.63) is 12.2 Å². The van der Waals surface area contributed by atoms with E-state index < -0.39 is 11.9 Å². The Morgan fingerprint density at radius 1 is 1.31 bits per heavy atom. The van der Waals surface area contributed by atoms with Crippen molar-refractivity contribution in [1.29, 1.82) is 0 Å². The van der Waals surface area contributed by atoms with Crippen LogP contribution in [0.15, 0.2) is 12.2 Å². The molecule has 0 aromatic heterocycles. The number of amides is 2. The van der Waals surface area contributed by atoms with Gasteiger partial charge in [-0.15, -0.1) is 6.42 Å². The number of carbonyl (C=O) groups excluding carboxylic acids is 2. The van der Waals surface area contributed by atoms with Gasteiger partial charge in [-0.2, -0.15) is 0 Å². The van der Waals surface area contributed by atoms with Gasteiger partial charge in [0.1, 0.15) is 5.92 Å². The maximum atomic E-state index is 12.4. The van der Waals surface area contributed by atoms with Gasteiger partial charge < -0.3 is 20.6 Å². The van der Waals surface area contributed by atoms with Crippen LogP contribution in [0.3, 0.4) is 0 Å². The van der Waals surface area contributed by atoms with Crippen LogP contribution >= 0.6 is 0 Å². The summed E-state index contributed by atoms with van der Waals surface area (Å²) in [6.45, 7) is 2.86. The molecule has 2 aliphatic heterocycles. The van der Waals surface area contributed by atoms with Crippen LogP contribution in [-0.4, -0.2) is 60.5 Å². The molecule has 26 heavy (non-hydrogen) atoms. The summed E-state index contributed by atoms with van der Waals surface area (Å²) >= 11 is 0. The smallest absolute Gasteiger partial charge is 0.320 e. The van der Waals surface area contributed by atoms with Gasteiger partial charge in [-0.1, -0.05) is 12.0 Å². The van der Waals surface area contributed by atoms with Crippen molar-refractivity contribution in [2.45, 2.75) is 25.7 Å². The average molecular weight is 361 g/mol. The first-order valence-electron chi connectivity index (χ1n) is 9.15. The SMILES string of the molecule is C#C[C@@H](CNC(=O)[C@H]1CCCN(C(=O)/C=C/C2CCNCC2)C1)C(=O)O. The molecule has 0 aromatic carbocycles. The number of rotatable bonds is 6. The second-order valence-electron chi connectivity index (χ2n) is 6.87. The summed E-state index contributed by atoms with van der Waals surface area (Å²) < 4.78 is 0. The highest BCUT2D eigenvalue weighted by molar-refractivity contribution is 5.88. The van der Waals surface area contributed by atoms with E-state index in [0.717, 1.165) is 32.4 Å². The normalized spacial score (nSPS) is 22.6. The fourth-order valence-corrected chi connectivity index (χ4v) is 3.32. The van der Waals surface area contributed by atoms with Crippen LogP contribution < -0.4 is 10.6 Å². The quantitative estimate of drug-likeness (QED) is 0.465. The lowest BCUT2D eigenvalue weighted by Gasteiger charge is -2.31. The number of terminal acetylenes is 1. The molecule has 0 aromatic rings. The number of hydrogen-bond acceptors (Lipinski definition) is 4. The molecule has 0 spiro atoms. The van der Waals surface area contributed by atoms with Crippen molar-refractivity contribution < 1.29 is 19.5 Å². The number of carboxylic acids is 1. The van der Waals surface area contributed by atoms with E-state index in [1.165, 1.54) is 0 Å². The first-order chi connectivity index (χ1) is 12.5. The molecule has 142 valence electrons. The molecule has 0 bridgehead atoms. The van der Waals surface area contributed by atoms with Gasteiger partial charge >= 0.3 is 5.97 Å². The number of nitrogens with one attached hydrogen (secondary N) is 2. The first-order valence-corrected chi connectivity index (χ1v) is 9.15. The van der Waals surface area contributed by atoms with E-state index in [9.17, 15) is 14.4 Å². The molecular weight excluding hydrogens is 334 g/mol. The van der Waals surface area contributed by atoms with Crippen LogP contribution in [0.4, 0.5) is 0 Å². The Labute approximate surface area is 154 Å². The molecule has 2 saturated heterocycles. The standard InChI is InChI=1S/C19H27N3O4/c1-2-15(19(25)26)12-21-18(24)16-4-3-11-22(13-16)17(23)6-5-14-7-9-20-10-8-14/h1,5-6,14-16,20H,3-4,7-13H2,(H,21,24)(H,25,26)/b6-5+/t15-,16-/m0/s1. The van der Waals surface area contributed by atoms with Crippen LogP contribution in [0.5, 0.6) is 0 Å². The molecule has 2 aliphatic rings. The highest BCUT2D eigenvalue weighted by Crippen LogP contribution is 2.18. The minimum Gasteiger partial charge on any atom is -0.480 e. The van der Waals surface area contributed by atoms with Crippen molar-refractivity contribution in [2.24, 2.45) is 17.8 Å². The molecule has 7 heteroatoms. The van der Waals surface area contributed by atoms with Gasteiger partial charge in [0.05, 0.1) is 5.92 Å². The van der Waals surface area contributed by atoms with E-state index in [1.54, 1.807) is 11.0 Å². The third-order valence-corrected chi connectivity index (χ3v) is 4.98. The fraction of sp³-hybridized carbons (Fsp3) is 0.632. The molecule has 0 unspecified atom stereocenters. The molecule has 2 heterocycles. The lowest BCUT2D eigenvalue weighted by atomic mass is 9.96. The largest absolute Gasteiger partial charge is 0.480 e. The van der Waals surface area contributed by atoms with E-state index in [2.05, 4.69) is 16.6 Å². The number of carboxylic acid groups (broad SMARTS) is 1. The highest BCUT2D eigenvalue weighted by atomic mass is 16.4. The van der Waals surface area contributed by atoms with Crippen molar-refractivity contribution in [2.75, 3.05) is 32.7 Å². The summed E-state index contributed by atoms with van der Waals surface area (Å²) in [7, 11) is 0. The number of nitrogens with zero attached hydrogens (tertiary/aromatic N) is 1. The predicted molar refractivity (Wildman–Crippen MR) is 97.0 cm³/mol. The first kappa shape index (κ1) is 20.0. The summed E-state index contributed by atoms with van der Waals surface area (Å²) in [4.78, 5) is 37.3. The van der Waals surface area contributed by atoms with E-state index in [0.29, 0.717) is 25.4 Å². The number of aliphatic carboxylic acids is 1. The van der Waals surface area contributed by atoms with Crippen molar-refractivity contribution in [3.63, 3.8) is 0 Å². The lowest BCUT2D eigenvalue weighted by molar-refractivity contribution is -0.139. The number of likely N-dealkylation sites (tertiary alicyclic amines) is 1. The van der Waals surface area contributed by atoms with Crippen LogP contribution in [0, 0.1) is 30.1 Å². The second kappa shape index (κ2) is 9.97. The topological polar surface area (TPSA) is 98.7 Å². The summed E-state index contributed by atoms with van der Waals surface area (Å²) in [5.41, 5.74) is 0. The van der Waals surface area contributed by atoms with Crippen LogP contribution in [0.25, 0.3) is 0 Å².